The molecule has 0 aliphatic carbocycles. The molecule has 0 aromatic heterocycles. The van der Waals surface area contributed by atoms with Gasteiger partial charge in [0.2, 0.25) is 5.91 Å². The Bertz CT molecular complexity index is 639. The van der Waals surface area contributed by atoms with Crippen LogP contribution in [0.15, 0.2) is 0 Å². The molecule has 0 bridgehead atoms. The quantitative estimate of drug-likeness (QED) is 0.0883. The molecular weight excluding hydrogens is 489 g/mol. The normalized spacial score (nSPS) is 12.2. The second kappa shape index (κ2) is 22.7. The van der Waals surface area contributed by atoms with Crippen LogP contribution in [-0.4, -0.2) is 53.5 Å². The van der Waals surface area contributed by atoms with Crippen molar-refractivity contribution in [2.75, 3.05) is 19.8 Å². The number of nitrogens with one attached hydrogen (secondary N) is 1. The maximum absolute atomic E-state index is 12.1. The zero-order valence-electron chi connectivity index (χ0n) is 22.2. The summed E-state index contributed by atoms with van der Waals surface area (Å²) in [6.07, 6.45) is 13.4. The van der Waals surface area contributed by atoms with E-state index in [1.807, 2.05) is 0 Å². The molecule has 1 amide bonds. The van der Waals surface area contributed by atoms with Crippen LogP contribution in [0.25, 0.3) is 0 Å². The average Bonchev–Trinajstić information content (AvgIpc) is 2.80. The van der Waals surface area contributed by atoms with Crippen LogP contribution in [-0.2, 0) is 32.9 Å². The van der Waals surface area contributed by atoms with Gasteiger partial charge in [-0.15, -0.1) is 0 Å². The first kappa shape index (κ1) is 34.5. The Morgan fingerprint density at radius 2 is 1.25 bits per heavy atom. The van der Waals surface area contributed by atoms with Crippen LogP contribution in [0.5, 0.6) is 0 Å². The fraction of sp³-hybridized carbons (Fsp3) is 0.880. The molecule has 0 aliphatic rings. The third-order valence-electron chi connectivity index (χ3n) is 5.57. The zero-order chi connectivity index (χ0) is 27.1. The highest BCUT2D eigenvalue weighted by Gasteiger charge is 2.22. The van der Waals surface area contributed by atoms with Crippen LogP contribution in [0, 0.1) is 0 Å². The lowest BCUT2D eigenvalue weighted by Gasteiger charge is -2.18. The van der Waals surface area contributed by atoms with Gasteiger partial charge in [0.05, 0.1) is 6.61 Å². The van der Waals surface area contributed by atoms with Crippen LogP contribution < -0.4 is 5.32 Å². The minimum atomic E-state index is -4.74. The fourth-order valence-electron chi connectivity index (χ4n) is 3.57. The molecule has 11 heteroatoms. The fourth-order valence-corrected chi connectivity index (χ4v) is 3.93. The van der Waals surface area contributed by atoms with Crippen molar-refractivity contribution in [2.45, 2.75) is 123 Å². The number of unbranched alkanes of at least 4 members (excludes halogenated alkanes) is 12. The highest BCUT2D eigenvalue weighted by molar-refractivity contribution is 7.46. The van der Waals surface area contributed by atoms with Crippen LogP contribution in [0.1, 0.15) is 117 Å². The second-order valence-corrected chi connectivity index (χ2v) is 10.4. The van der Waals surface area contributed by atoms with Gasteiger partial charge in [0.25, 0.3) is 0 Å². The number of ether oxygens (including phenoxy) is 2. The third-order valence-corrected chi connectivity index (χ3v) is 6.06. The number of esters is 2. The van der Waals surface area contributed by atoms with Gasteiger partial charge in [-0.25, -0.2) is 4.57 Å². The van der Waals surface area contributed by atoms with Crippen LogP contribution in [0.4, 0.5) is 0 Å². The van der Waals surface area contributed by atoms with Crippen molar-refractivity contribution < 1.29 is 42.7 Å². The smallest absolute Gasteiger partial charge is 0.462 e. The van der Waals surface area contributed by atoms with Crippen molar-refractivity contribution >= 4 is 25.7 Å². The number of carbonyl (C=O) groups is 3. The van der Waals surface area contributed by atoms with E-state index in [9.17, 15) is 18.9 Å². The summed E-state index contributed by atoms with van der Waals surface area (Å²) in [4.78, 5) is 52.7. The van der Waals surface area contributed by atoms with Crippen molar-refractivity contribution in [3.8, 4) is 0 Å². The number of phosphoric acid groups is 1. The van der Waals surface area contributed by atoms with Gasteiger partial charge >= 0.3 is 19.8 Å². The van der Waals surface area contributed by atoms with E-state index >= 15 is 0 Å². The largest absolute Gasteiger partial charge is 0.469 e. The van der Waals surface area contributed by atoms with Crippen molar-refractivity contribution in [3.63, 3.8) is 0 Å². The maximum Gasteiger partial charge on any atom is 0.469 e. The van der Waals surface area contributed by atoms with Crippen LogP contribution >= 0.6 is 7.82 Å². The molecule has 212 valence electrons. The standard InChI is InChI=1S/C25H48NO9P/c1-3-4-5-6-11-15-18-25(29)35-23(21-34-36(30,31)32)20-33-24(28)17-14-12-9-7-8-10-13-16-19-26-22(2)27/h23H,3-21H2,1-2H3,(H,26,27)(H2,30,31,32)/t23-/m0/s1. The van der Waals surface area contributed by atoms with E-state index < -0.39 is 32.5 Å². The molecule has 0 heterocycles. The van der Waals surface area contributed by atoms with Gasteiger partial charge in [-0.2, -0.15) is 0 Å². The molecule has 0 radical (unpaired) electrons. The Morgan fingerprint density at radius 3 is 1.78 bits per heavy atom. The summed E-state index contributed by atoms with van der Waals surface area (Å²) in [6, 6.07) is 0. The Balaban J connectivity index is 4.03. The number of hydrogen-bond donors (Lipinski definition) is 3. The van der Waals surface area contributed by atoms with Crippen LogP contribution in [0.2, 0.25) is 0 Å². The summed E-state index contributed by atoms with van der Waals surface area (Å²) < 4.78 is 25.9. The number of rotatable bonds is 24. The Labute approximate surface area is 216 Å². The van der Waals surface area contributed by atoms with E-state index in [-0.39, 0.29) is 25.4 Å². The molecule has 0 fully saturated rings. The van der Waals surface area contributed by atoms with Gasteiger partial charge in [-0.3, -0.25) is 18.9 Å². The summed E-state index contributed by atoms with van der Waals surface area (Å²) in [7, 11) is -4.74. The molecule has 3 N–H and O–H groups in total. The molecule has 0 rings (SSSR count). The summed E-state index contributed by atoms with van der Waals surface area (Å²) in [5.74, 6) is -0.944. The first-order valence-corrected chi connectivity index (χ1v) is 15.0. The minimum Gasteiger partial charge on any atom is -0.462 e. The van der Waals surface area contributed by atoms with E-state index in [1.54, 1.807) is 0 Å². The van der Waals surface area contributed by atoms with Crippen molar-refractivity contribution in [3.05, 3.63) is 0 Å². The second-order valence-electron chi connectivity index (χ2n) is 9.16. The van der Waals surface area contributed by atoms with Gasteiger partial charge in [0, 0.05) is 26.3 Å². The highest BCUT2D eigenvalue weighted by atomic mass is 31.2. The highest BCUT2D eigenvalue weighted by Crippen LogP contribution is 2.35. The number of carbonyl (C=O) groups excluding carboxylic acids is 3. The molecule has 0 spiro atoms. The van der Waals surface area contributed by atoms with E-state index in [4.69, 9.17) is 19.3 Å². The molecule has 10 nitrogen and oxygen atoms in total. The van der Waals surface area contributed by atoms with E-state index in [2.05, 4.69) is 16.8 Å². The maximum atomic E-state index is 12.1. The lowest BCUT2D eigenvalue weighted by atomic mass is 10.1. The molecule has 0 saturated carbocycles. The first-order chi connectivity index (χ1) is 17.1. The van der Waals surface area contributed by atoms with Crippen LogP contribution in [0.3, 0.4) is 0 Å². The Hall–Kier alpha value is -1.48. The van der Waals surface area contributed by atoms with Gasteiger partial charge in [-0.1, -0.05) is 77.6 Å². The lowest BCUT2D eigenvalue weighted by Crippen LogP contribution is -2.29. The Kier molecular flexibility index (Phi) is 21.8. The molecule has 0 aromatic rings. The SMILES string of the molecule is CCCCCCCCC(=O)O[C@@H](COC(=O)CCCCCCCCCCNC(C)=O)COP(=O)(O)O. The summed E-state index contributed by atoms with van der Waals surface area (Å²) in [5, 5.41) is 2.78. The number of hydrogen-bond acceptors (Lipinski definition) is 7. The van der Waals surface area contributed by atoms with E-state index in [1.165, 1.54) is 13.3 Å². The lowest BCUT2D eigenvalue weighted by molar-refractivity contribution is -0.161. The monoisotopic (exact) mass is 537 g/mol. The topological polar surface area (TPSA) is 148 Å². The Morgan fingerprint density at radius 1 is 0.750 bits per heavy atom. The minimum absolute atomic E-state index is 0.00281. The number of phosphoric ester groups is 1. The summed E-state index contributed by atoms with van der Waals surface area (Å²) >= 11 is 0. The van der Waals surface area contributed by atoms with Gasteiger partial charge < -0.3 is 24.6 Å². The third kappa shape index (κ3) is 25.6. The van der Waals surface area contributed by atoms with Gasteiger partial charge in [0.15, 0.2) is 6.10 Å². The molecule has 0 unspecified atom stereocenters. The predicted octanol–water partition coefficient (Wildman–Crippen LogP) is 4.95. The van der Waals surface area contributed by atoms with Gasteiger partial charge in [-0.05, 0) is 19.3 Å². The molecule has 0 aliphatic heterocycles. The number of amides is 1. The summed E-state index contributed by atoms with van der Waals surface area (Å²) in [5.41, 5.74) is 0. The van der Waals surface area contributed by atoms with Gasteiger partial charge in [0.1, 0.15) is 6.61 Å². The average molecular weight is 538 g/mol. The first-order valence-electron chi connectivity index (χ1n) is 13.4. The molecule has 0 aromatic carbocycles. The van der Waals surface area contributed by atoms with Crippen molar-refractivity contribution in [1.29, 1.82) is 0 Å². The molecule has 1 atom stereocenters. The predicted molar refractivity (Wildman–Crippen MR) is 137 cm³/mol. The van der Waals surface area contributed by atoms with Crippen molar-refractivity contribution in [1.82, 2.24) is 5.32 Å². The van der Waals surface area contributed by atoms with Crippen molar-refractivity contribution in [2.24, 2.45) is 0 Å². The molecule has 0 saturated heterocycles. The zero-order valence-corrected chi connectivity index (χ0v) is 23.1. The summed E-state index contributed by atoms with van der Waals surface area (Å²) in [6.45, 7) is 3.52. The van der Waals surface area contributed by atoms with E-state index in [0.717, 1.165) is 77.2 Å². The molecule has 36 heavy (non-hydrogen) atoms. The van der Waals surface area contributed by atoms with E-state index in [0.29, 0.717) is 12.8 Å². The molecular formula is C25H48NO9P.